The number of anilines is 1. The number of benzene rings is 2. The highest BCUT2D eigenvalue weighted by Crippen LogP contribution is 2.37. The highest BCUT2D eigenvalue weighted by Gasteiger charge is 2.16. The quantitative estimate of drug-likeness (QED) is 0.662. The zero-order valence-corrected chi connectivity index (χ0v) is 16.5. The SMILES string of the molecule is CCCOc1c(Br)cc(C(=O)Nc2ccc(OC)c(Cl)c2)cc1OC. The summed E-state index contributed by atoms with van der Waals surface area (Å²) in [6, 6.07) is 8.36. The summed E-state index contributed by atoms with van der Waals surface area (Å²) in [7, 11) is 3.07. The first-order valence-electron chi connectivity index (χ1n) is 7.65. The van der Waals surface area contributed by atoms with E-state index >= 15 is 0 Å². The van der Waals surface area contributed by atoms with Gasteiger partial charge in [-0.1, -0.05) is 18.5 Å². The lowest BCUT2D eigenvalue weighted by Crippen LogP contribution is -2.12. The minimum Gasteiger partial charge on any atom is -0.495 e. The Kier molecular flexibility index (Phi) is 6.96. The number of carbonyl (C=O) groups is 1. The molecule has 0 saturated heterocycles. The van der Waals surface area contributed by atoms with Crippen LogP contribution in [0.1, 0.15) is 23.7 Å². The Bertz CT molecular complexity index is 767. The molecule has 0 heterocycles. The van der Waals surface area contributed by atoms with Crippen molar-refractivity contribution in [2.24, 2.45) is 0 Å². The molecule has 0 aromatic heterocycles. The van der Waals surface area contributed by atoms with Gasteiger partial charge in [0, 0.05) is 11.3 Å². The van der Waals surface area contributed by atoms with E-state index in [-0.39, 0.29) is 5.91 Å². The topological polar surface area (TPSA) is 56.8 Å². The summed E-state index contributed by atoms with van der Waals surface area (Å²) < 4.78 is 16.8. The van der Waals surface area contributed by atoms with Crippen molar-refractivity contribution in [2.75, 3.05) is 26.1 Å². The molecule has 5 nitrogen and oxygen atoms in total. The Hall–Kier alpha value is -1.92. The molecule has 0 unspecified atom stereocenters. The molecule has 0 aliphatic heterocycles. The smallest absolute Gasteiger partial charge is 0.255 e. The molecule has 1 N–H and O–H groups in total. The van der Waals surface area contributed by atoms with Gasteiger partial charge in [0.25, 0.3) is 5.91 Å². The molecule has 2 aromatic rings. The average molecular weight is 429 g/mol. The van der Waals surface area contributed by atoms with Crippen LogP contribution in [0.25, 0.3) is 0 Å². The highest BCUT2D eigenvalue weighted by atomic mass is 79.9. The monoisotopic (exact) mass is 427 g/mol. The van der Waals surface area contributed by atoms with E-state index < -0.39 is 0 Å². The first-order chi connectivity index (χ1) is 12.0. The van der Waals surface area contributed by atoms with Crippen molar-refractivity contribution in [2.45, 2.75) is 13.3 Å². The van der Waals surface area contributed by atoms with Gasteiger partial charge < -0.3 is 19.5 Å². The van der Waals surface area contributed by atoms with E-state index in [2.05, 4.69) is 21.2 Å². The summed E-state index contributed by atoms with van der Waals surface area (Å²) in [4.78, 5) is 12.5. The van der Waals surface area contributed by atoms with Gasteiger partial charge >= 0.3 is 0 Å². The number of rotatable bonds is 7. The van der Waals surface area contributed by atoms with Crippen LogP contribution in [0.5, 0.6) is 17.2 Å². The predicted octanol–water partition coefficient (Wildman–Crippen LogP) is 5.16. The average Bonchev–Trinajstić information content (AvgIpc) is 2.60. The molecule has 1 amide bonds. The van der Waals surface area contributed by atoms with Gasteiger partial charge in [0.15, 0.2) is 11.5 Å². The zero-order valence-electron chi connectivity index (χ0n) is 14.2. The molecule has 0 aliphatic carbocycles. The van der Waals surface area contributed by atoms with Crippen molar-refractivity contribution in [1.82, 2.24) is 0 Å². The maximum Gasteiger partial charge on any atom is 0.255 e. The third-order valence-corrected chi connectivity index (χ3v) is 4.24. The number of methoxy groups -OCH3 is 2. The lowest BCUT2D eigenvalue weighted by Gasteiger charge is -2.14. The summed E-state index contributed by atoms with van der Waals surface area (Å²) in [6.07, 6.45) is 0.871. The highest BCUT2D eigenvalue weighted by molar-refractivity contribution is 9.10. The van der Waals surface area contributed by atoms with Crippen LogP contribution in [-0.4, -0.2) is 26.7 Å². The Labute approximate surface area is 160 Å². The zero-order chi connectivity index (χ0) is 18.4. The van der Waals surface area contributed by atoms with Crippen molar-refractivity contribution in [1.29, 1.82) is 0 Å². The number of ether oxygens (including phenoxy) is 3. The second kappa shape index (κ2) is 8.97. The van der Waals surface area contributed by atoms with E-state index in [4.69, 9.17) is 25.8 Å². The second-order valence-corrected chi connectivity index (χ2v) is 6.40. The molecule has 0 radical (unpaired) electrons. The fourth-order valence-electron chi connectivity index (χ4n) is 2.14. The standard InChI is InChI=1S/C18H19BrClNO4/c1-4-7-25-17-13(19)8-11(9-16(17)24-3)18(22)21-12-5-6-15(23-2)14(20)10-12/h5-6,8-10H,4,7H2,1-3H3,(H,21,22). The normalized spacial score (nSPS) is 10.3. The van der Waals surface area contributed by atoms with Crippen LogP contribution in [0.2, 0.25) is 5.02 Å². The molecule has 2 rings (SSSR count). The van der Waals surface area contributed by atoms with Crippen LogP contribution in [0, 0.1) is 0 Å². The van der Waals surface area contributed by atoms with Crippen LogP contribution in [0.4, 0.5) is 5.69 Å². The molecular weight excluding hydrogens is 410 g/mol. The van der Waals surface area contributed by atoms with Crippen LogP contribution >= 0.6 is 27.5 Å². The lowest BCUT2D eigenvalue weighted by atomic mass is 10.1. The largest absolute Gasteiger partial charge is 0.495 e. The van der Waals surface area contributed by atoms with Gasteiger partial charge in [-0.15, -0.1) is 0 Å². The van der Waals surface area contributed by atoms with Crippen molar-refractivity contribution >= 4 is 39.1 Å². The number of amides is 1. The molecule has 0 bridgehead atoms. The fraction of sp³-hybridized carbons (Fsp3) is 0.278. The van der Waals surface area contributed by atoms with Crippen molar-refractivity contribution in [3.8, 4) is 17.2 Å². The van der Waals surface area contributed by atoms with Gasteiger partial charge in [0.1, 0.15) is 5.75 Å². The minimum absolute atomic E-state index is 0.290. The number of nitrogens with one attached hydrogen (secondary N) is 1. The Morgan fingerprint density at radius 2 is 1.88 bits per heavy atom. The van der Waals surface area contributed by atoms with Gasteiger partial charge in [-0.25, -0.2) is 0 Å². The third-order valence-electron chi connectivity index (χ3n) is 3.35. The van der Waals surface area contributed by atoms with E-state index in [0.29, 0.717) is 44.6 Å². The molecule has 0 spiro atoms. The summed E-state index contributed by atoms with van der Waals surface area (Å²) in [6.45, 7) is 2.58. The fourth-order valence-corrected chi connectivity index (χ4v) is 2.96. The molecule has 134 valence electrons. The van der Waals surface area contributed by atoms with Crippen LogP contribution in [0.15, 0.2) is 34.8 Å². The van der Waals surface area contributed by atoms with E-state index in [1.807, 2.05) is 6.92 Å². The molecule has 25 heavy (non-hydrogen) atoms. The second-order valence-electron chi connectivity index (χ2n) is 5.14. The first-order valence-corrected chi connectivity index (χ1v) is 8.82. The third kappa shape index (κ3) is 4.80. The van der Waals surface area contributed by atoms with Gasteiger partial charge in [-0.2, -0.15) is 0 Å². The minimum atomic E-state index is -0.290. The van der Waals surface area contributed by atoms with Crippen LogP contribution in [0.3, 0.4) is 0 Å². The molecule has 0 atom stereocenters. The summed E-state index contributed by atoms with van der Waals surface area (Å²) in [5.74, 6) is 1.32. The van der Waals surface area contributed by atoms with Crippen molar-refractivity contribution in [3.63, 3.8) is 0 Å². The Morgan fingerprint density at radius 1 is 1.16 bits per heavy atom. The van der Waals surface area contributed by atoms with E-state index in [1.54, 1.807) is 30.3 Å². The maximum absolute atomic E-state index is 12.5. The van der Waals surface area contributed by atoms with Gasteiger partial charge in [-0.3, -0.25) is 4.79 Å². The van der Waals surface area contributed by atoms with E-state index in [1.165, 1.54) is 14.2 Å². The van der Waals surface area contributed by atoms with Gasteiger partial charge in [0.2, 0.25) is 0 Å². The van der Waals surface area contributed by atoms with Crippen molar-refractivity contribution in [3.05, 3.63) is 45.4 Å². The molecule has 0 fully saturated rings. The number of hydrogen-bond acceptors (Lipinski definition) is 4. The van der Waals surface area contributed by atoms with Crippen molar-refractivity contribution < 1.29 is 19.0 Å². The van der Waals surface area contributed by atoms with Gasteiger partial charge in [-0.05, 0) is 52.7 Å². The van der Waals surface area contributed by atoms with E-state index in [9.17, 15) is 4.79 Å². The number of carbonyl (C=O) groups excluding carboxylic acids is 1. The lowest BCUT2D eigenvalue weighted by molar-refractivity contribution is 0.102. The Balaban J connectivity index is 2.24. The van der Waals surface area contributed by atoms with E-state index in [0.717, 1.165) is 6.42 Å². The summed E-state index contributed by atoms with van der Waals surface area (Å²) in [5, 5.41) is 3.21. The molecule has 0 aliphatic rings. The van der Waals surface area contributed by atoms with Crippen LogP contribution < -0.4 is 19.5 Å². The Morgan fingerprint density at radius 3 is 2.48 bits per heavy atom. The maximum atomic E-state index is 12.5. The number of hydrogen-bond donors (Lipinski definition) is 1. The summed E-state index contributed by atoms with van der Waals surface area (Å²) in [5.41, 5.74) is 0.997. The molecule has 2 aromatic carbocycles. The molecule has 7 heteroatoms. The first kappa shape index (κ1) is 19.4. The van der Waals surface area contributed by atoms with Gasteiger partial charge in [0.05, 0.1) is 30.3 Å². The predicted molar refractivity (Wildman–Crippen MR) is 102 cm³/mol. The van der Waals surface area contributed by atoms with Crippen LogP contribution in [-0.2, 0) is 0 Å². The molecule has 0 saturated carbocycles. The summed E-state index contributed by atoms with van der Waals surface area (Å²) >= 11 is 9.51. The molecular formula is C18H19BrClNO4. The number of halogens is 2.